The van der Waals surface area contributed by atoms with E-state index in [1.54, 1.807) is 38.1 Å². The molecule has 2 atom stereocenters. The van der Waals surface area contributed by atoms with Crippen molar-refractivity contribution in [2.24, 2.45) is 5.73 Å². The molecule has 132 valence electrons. The molecule has 8 heteroatoms. The van der Waals surface area contributed by atoms with Crippen LogP contribution in [0.3, 0.4) is 0 Å². The second-order valence-electron chi connectivity index (χ2n) is 6.24. The summed E-state index contributed by atoms with van der Waals surface area (Å²) in [5.41, 5.74) is 4.99. The summed E-state index contributed by atoms with van der Waals surface area (Å²) in [6, 6.07) is 6.26. The van der Waals surface area contributed by atoms with Crippen LogP contribution in [-0.2, 0) is 15.1 Å². The highest BCUT2D eigenvalue weighted by atomic mass is 35.5. The zero-order valence-corrected chi connectivity index (χ0v) is 14.8. The molecule has 1 aromatic carbocycles. The number of hydrogen-bond acceptors (Lipinski definition) is 4. The maximum atomic E-state index is 12.3. The van der Waals surface area contributed by atoms with Crippen LogP contribution in [0, 0.1) is 0 Å². The molecular weight excluding hydrogens is 332 g/mol. The quantitative estimate of drug-likeness (QED) is 0.601. The minimum atomic E-state index is -1.16. The van der Waals surface area contributed by atoms with Gasteiger partial charge < -0.3 is 16.4 Å². The molecule has 1 saturated heterocycles. The van der Waals surface area contributed by atoms with Crippen molar-refractivity contribution in [1.29, 1.82) is 0 Å². The topological polar surface area (TPSA) is 113 Å². The number of benzene rings is 1. The summed E-state index contributed by atoms with van der Waals surface area (Å²) in [5, 5.41) is 7.57. The molecular formula is C16H23ClN4O3. The molecule has 0 aliphatic carbocycles. The number of nitrogens with two attached hydrogens (primary N) is 1. The molecule has 1 aromatic rings. The minimum Gasteiger partial charge on any atom is -0.324 e. The SMILES string of the molecule is CCCC(C)(N)C(=O)Nc1cccc(C2(C)NC(=O)NC2=O)c1.Cl. The largest absolute Gasteiger partial charge is 0.324 e. The van der Waals surface area contributed by atoms with Gasteiger partial charge in [-0.3, -0.25) is 14.9 Å². The van der Waals surface area contributed by atoms with Gasteiger partial charge in [-0.05, 0) is 38.0 Å². The lowest BCUT2D eigenvalue weighted by Crippen LogP contribution is -2.48. The van der Waals surface area contributed by atoms with Crippen molar-refractivity contribution in [1.82, 2.24) is 10.6 Å². The van der Waals surface area contributed by atoms with Gasteiger partial charge in [-0.25, -0.2) is 4.79 Å². The van der Waals surface area contributed by atoms with Crippen LogP contribution >= 0.6 is 12.4 Å². The maximum Gasteiger partial charge on any atom is 0.322 e. The Balaban J connectivity index is 0.00000288. The molecule has 2 rings (SSSR count). The van der Waals surface area contributed by atoms with Crippen LogP contribution in [0.2, 0.25) is 0 Å². The third kappa shape index (κ3) is 3.85. The van der Waals surface area contributed by atoms with E-state index in [4.69, 9.17) is 5.73 Å². The zero-order valence-electron chi connectivity index (χ0n) is 13.9. The van der Waals surface area contributed by atoms with E-state index in [9.17, 15) is 14.4 Å². The van der Waals surface area contributed by atoms with Crippen LogP contribution in [0.5, 0.6) is 0 Å². The Bertz CT molecular complexity index is 662. The van der Waals surface area contributed by atoms with Crippen molar-refractivity contribution in [3.63, 3.8) is 0 Å². The molecule has 1 aliphatic rings. The number of anilines is 1. The molecule has 5 N–H and O–H groups in total. The summed E-state index contributed by atoms with van der Waals surface area (Å²) in [7, 11) is 0. The number of hydrogen-bond donors (Lipinski definition) is 4. The van der Waals surface area contributed by atoms with Gasteiger partial charge in [0.1, 0.15) is 5.54 Å². The maximum absolute atomic E-state index is 12.3. The number of amides is 4. The van der Waals surface area contributed by atoms with Crippen LogP contribution in [0.25, 0.3) is 0 Å². The van der Waals surface area contributed by atoms with Gasteiger partial charge in [0.05, 0.1) is 5.54 Å². The molecule has 0 saturated carbocycles. The standard InChI is InChI=1S/C16H22N4O3.ClH/c1-4-8-15(2,17)12(21)18-11-7-5-6-10(9-11)16(3)13(22)19-14(23)20-16;/h5-7,9H,4,8,17H2,1-3H3,(H,18,21)(H2,19,20,22,23);1H. The number of imide groups is 1. The lowest BCUT2D eigenvalue weighted by Gasteiger charge is -2.24. The van der Waals surface area contributed by atoms with Crippen molar-refractivity contribution in [3.05, 3.63) is 29.8 Å². The van der Waals surface area contributed by atoms with Gasteiger partial charge >= 0.3 is 6.03 Å². The van der Waals surface area contributed by atoms with Gasteiger partial charge in [0.2, 0.25) is 5.91 Å². The minimum absolute atomic E-state index is 0. The predicted molar refractivity (Wildman–Crippen MR) is 93.8 cm³/mol. The van der Waals surface area contributed by atoms with E-state index in [2.05, 4.69) is 16.0 Å². The number of carbonyl (C=O) groups excluding carboxylic acids is 3. The number of nitrogens with one attached hydrogen (secondary N) is 3. The highest BCUT2D eigenvalue weighted by Crippen LogP contribution is 2.26. The second-order valence-corrected chi connectivity index (χ2v) is 6.24. The molecule has 1 fully saturated rings. The molecule has 1 aliphatic heterocycles. The number of halogens is 1. The molecule has 2 unspecified atom stereocenters. The number of carbonyl (C=O) groups is 3. The van der Waals surface area contributed by atoms with Crippen molar-refractivity contribution in [3.8, 4) is 0 Å². The molecule has 0 aromatic heterocycles. The Hall–Kier alpha value is -2.12. The van der Waals surface area contributed by atoms with Crippen molar-refractivity contribution < 1.29 is 14.4 Å². The lowest BCUT2D eigenvalue weighted by atomic mass is 9.91. The first-order valence-electron chi connectivity index (χ1n) is 7.53. The fourth-order valence-electron chi connectivity index (χ4n) is 2.56. The fraction of sp³-hybridized carbons (Fsp3) is 0.438. The summed E-state index contributed by atoms with van der Waals surface area (Å²) in [4.78, 5) is 35.6. The summed E-state index contributed by atoms with van der Waals surface area (Å²) < 4.78 is 0. The van der Waals surface area contributed by atoms with E-state index < -0.39 is 23.0 Å². The van der Waals surface area contributed by atoms with Crippen molar-refractivity contribution in [2.45, 2.75) is 44.7 Å². The Kier molecular flexibility index (Phi) is 5.97. The number of rotatable bonds is 5. The Labute approximate surface area is 147 Å². The van der Waals surface area contributed by atoms with Gasteiger partial charge in [0.25, 0.3) is 5.91 Å². The second kappa shape index (κ2) is 7.19. The highest BCUT2D eigenvalue weighted by molar-refractivity contribution is 6.07. The monoisotopic (exact) mass is 354 g/mol. The first kappa shape index (κ1) is 19.9. The van der Waals surface area contributed by atoms with E-state index in [-0.39, 0.29) is 18.3 Å². The Morgan fingerprint density at radius 1 is 1.38 bits per heavy atom. The third-order valence-corrected chi connectivity index (χ3v) is 4.03. The highest BCUT2D eigenvalue weighted by Gasteiger charge is 2.43. The van der Waals surface area contributed by atoms with Crippen LogP contribution in [0.1, 0.15) is 39.2 Å². The van der Waals surface area contributed by atoms with Crippen LogP contribution < -0.4 is 21.7 Å². The first-order chi connectivity index (χ1) is 10.7. The molecule has 24 heavy (non-hydrogen) atoms. The van der Waals surface area contributed by atoms with Crippen molar-refractivity contribution >= 4 is 35.9 Å². The van der Waals surface area contributed by atoms with E-state index in [0.717, 1.165) is 6.42 Å². The summed E-state index contributed by atoms with van der Waals surface area (Å²) in [6.07, 6.45) is 1.36. The Morgan fingerprint density at radius 2 is 2.04 bits per heavy atom. The van der Waals surface area contributed by atoms with Crippen LogP contribution in [0.4, 0.5) is 10.5 Å². The number of urea groups is 1. The van der Waals surface area contributed by atoms with Gasteiger partial charge in [-0.15, -0.1) is 12.4 Å². The molecule has 0 bridgehead atoms. The van der Waals surface area contributed by atoms with Gasteiger partial charge in [0.15, 0.2) is 0 Å². The van der Waals surface area contributed by atoms with Crippen LogP contribution in [-0.4, -0.2) is 23.4 Å². The van der Waals surface area contributed by atoms with Gasteiger partial charge in [-0.2, -0.15) is 0 Å². The summed E-state index contributed by atoms with van der Waals surface area (Å²) in [5.74, 6) is -0.720. The third-order valence-electron chi connectivity index (χ3n) is 4.03. The summed E-state index contributed by atoms with van der Waals surface area (Å²) in [6.45, 7) is 5.25. The fourth-order valence-corrected chi connectivity index (χ4v) is 2.56. The van der Waals surface area contributed by atoms with Crippen LogP contribution in [0.15, 0.2) is 24.3 Å². The first-order valence-corrected chi connectivity index (χ1v) is 7.53. The molecule has 4 amide bonds. The molecule has 7 nitrogen and oxygen atoms in total. The predicted octanol–water partition coefficient (Wildman–Crippen LogP) is 1.62. The van der Waals surface area contributed by atoms with E-state index in [1.165, 1.54) is 0 Å². The van der Waals surface area contributed by atoms with Crippen molar-refractivity contribution in [2.75, 3.05) is 5.32 Å². The van der Waals surface area contributed by atoms with E-state index >= 15 is 0 Å². The average molecular weight is 355 g/mol. The average Bonchev–Trinajstić information content (AvgIpc) is 2.73. The molecule has 0 spiro atoms. The normalized spacial score (nSPS) is 22.0. The lowest BCUT2D eigenvalue weighted by molar-refractivity contribution is -0.123. The smallest absolute Gasteiger partial charge is 0.322 e. The molecule has 0 radical (unpaired) electrons. The zero-order chi connectivity index (χ0) is 17.3. The Morgan fingerprint density at radius 3 is 2.58 bits per heavy atom. The molecule has 1 heterocycles. The van der Waals surface area contributed by atoms with E-state index in [1.807, 2.05) is 6.92 Å². The summed E-state index contributed by atoms with van der Waals surface area (Å²) >= 11 is 0. The van der Waals surface area contributed by atoms with Gasteiger partial charge in [-0.1, -0.05) is 25.5 Å². The van der Waals surface area contributed by atoms with E-state index in [0.29, 0.717) is 17.7 Å². The van der Waals surface area contributed by atoms with Gasteiger partial charge in [0, 0.05) is 5.69 Å².